The molecule has 0 fully saturated rings. The lowest BCUT2D eigenvalue weighted by Crippen LogP contribution is -2.28. The van der Waals surface area contributed by atoms with E-state index in [0.717, 1.165) is 18.2 Å². The van der Waals surface area contributed by atoms with Crippen LogP contribution in [0.5, 0.6) is 11.5 Å². The number of hydrogen-bond donors (Lipinski definition) is 1. The molecule has 0 saturated heterocycles. The van der Waals surface area contributed by atoms with Gasteiger partial charge in [-0.1, -0.05) is 30.3 Å². The van der Waals surface area contributed by atoms with E-state index in [0.29, 0.717) is 23.6 Å². The molecular weight excluding hydrogens is 387 g/mol. The molecule has 0 spiro atoms. The van der Waals surface area contributed by atoms with Crippen molar-refractivity contribution in [2.75, 3.05) is 20.3 Å². The number of allylic oxidation sites excluding steroid dienone is 1. The summed E-state index contributed by atoms with van der Waals surface area (Å²) in [4.78, 5) is 23.7. The van der Waals surface area contributed by atoms with Gasteiger partial charge in [-0.2, -0.15) is 13.2 Å². The minimum absolute atomic E-state index is 0.188. The predicted molar refractivity (Wildman–Crippen MR) is 102 cm³/mol. The maximum absolute atomic E-state index is 13.1. The number of halogens is 3. The summed E-state index contributed by atoms with van der Waals surface area (Å²) in [6.07, 6.45) is -2.17. The number of ketones is 1. The van der Waals surface area contributed by atoms with Crippen LogP contribution in [0.3, 0.4) is 0 Å². The van der Waals surface area contributed by atoms with E-state index in [2.05, 4.69) is 5.32 Å². The fraction of sp³-hybridized carbons (Fsp3) is 0.238. The topological polar surface area (TPSA) is 64.6 Å². The number of nitrogens with one attached hydrogen (secondary N) is 1. The molecule has 0 saturated carbocycles. The number of benzene rings is 2. The van der Waals surface area contributed by atoms with Crippen molar-refractivity contribution in [2.24, 2.45) is 0 Å². The van der Waals surface area contributed by atoms with Gasteiger partial charge in [0.05, 0.1) is 12.7 Å². The number of likely N-dealkylation sites (N-methyl/N-ethyl adjacent to an activating group) is 1. The molecule has 0 aliphatic heterocycles. The van der Waals surface area contributed by atoms with Gasteiger partial charge >= 0.3 is 6.18 Å². The zero-order chi connectivity index (χ0) is 21.4. The van der Waals surface area contributed by atoms with Crippen molar-refractivity contribution in [1.82, 2.24) is 5.32 Å². The van der Waals surface area contributed by atoms with Gasteiger partial charge in [0.1, 0.15) is 0 Å². The SMILES string of the molecule is CCNC(=O)COc1ccc(/C=C/C(=O)c2ccccc2C(F)(F)F)cc1OC. The van der Waals surface area contributed by atoms with Gasteiger partial charge in [-0.15, -0.1) is 0 Å². The highest BCUT2D eigenvalue weighted by atomic mass is 19.4. The van der Waals surface area contributed by atoms with Crippen molar-refractivity contribution in [3.8, 4) is 11.5 Å². The van der Waals surface area contributed by atoms with Crippen LogP contribution in [0.25, 0.3) is 6.08 Å². The Kier molecular flexibility index (Phi) is 7.41. The van der Waals surface area contributed by atoms with Crippen LogP contribution in [-0.4, -0.2) is 32.0 Å². The molecule has 2 rings (SSSR count). The first-order valence-corrected chi connectivity index (χ1v) is 8.72. The summed E-state index contributed by atoms with van der Waals surface area (Å²) in [6.45, 7) is 2.08. The van der Waals surface area contributed by atoms with Crippen LogP contribution in [0.1, 0.15) is 28.4 Å². The van der Waals surface area contributed by atoms with E-state index in [-0.39, 0.29) is 12.5 Å². The van der Waals surface area contributed by atoms with Gasteiger partial charge in [-0.05, 0) is 36.8 Å². The van der Waals surface area contributed by atoms with Gasteiger partial charge in [-0.25, -0.2) is 0 Å². The summed E-state index contributed by atoms with van der Waals surface area (Å²) in [5.74, 6) is -0.412. The van der Waals surface area contributed by atoms with E-state index in [1.165, 1.54) is 25.3 Å². The highest BCUT2D eigenvalue weighted by molar-refractivity contribution is 6.07. The van der Waals surface area contributed by atoms with Crippen LogP contribution >= 0.6 is 0 Å². The Balaban J connectivity index is 2.17. The van der Waals surface area contributed by atoms with Gasteiger partial charge < -0.3 is 14.8 Å². The summed E-state index contributed by atoms with van der Waals surface area (Å²) in [6, 6.07) is 9.29. The van der Waals surface area contributed by atoms with E-state index in [4.69, 9.17) is 9.47 Å². The molecule has 0 aromatic heterocycles. The second kappa shape index (κ2) is 9.77. The lowest BCUT2D eigenvalue weighted by Gasteiger charge is -2.11. The maximum Gasteiger partial charge on any atom is 0.417 e. The third-order valence-corrected chi connectivity index (χ3v) is 3.85. The average molecular weight is 407 g/mol. The first-order valence-electron chi connectivity index (χ1n) is 8.72. The zero-order valence-electron chi connectivity index (χ0n) is 15.9. The van der Waals surface area contributed by atoms with Crippen molar-refractivity contribution < 1.29 is 32.2 Å². The first kappa shape index (κ1) is 22.0. The Bertz CT molecular complexity index is 907. The predicted octanol–water partition coefficient (Wildman–Crippen LogP) is 4.13. The normalized spacial score (nSPS) is 11.3. The summed E-state index contributed by atoms with van der Waals surface area (Å²) in [5, 5.41) is 2.59. The van der Waals surface area contributed by atoms with Crippen molar-refractivity contribution in [1.29, 1.82) is 0 Å². The molecule has 154 valence electrons. The van der Waals surface area contributed by atoms with Crippen molar-refractivity contribution in [3.63, 3.8) is 0 Å². The highest BCUT2D eigenvalue weighted by Gasteiger charge is 2.34. The van der Waals surface area contributed by atoms with Gasteiger partial charge in [-0.3, -0.25) is 9.59 Å². The fourth-order valence-electron chi connectivity index (χ4n) is 2.51. The van der Waals surface area contributed by atoms with Crippen LogP contribution in [0.15, 0.2) is 48.5 Å². The van der Waals surface area contributed by atoms with Gasteiger partial charge in [0.15, 0.2) is 23.9 Å². The molecule has 29 heavy (non-hydrogen) atoms. The zero-order valence-corrected chi connectivity index (χ0v) is 15.9. The van der Waals surface area contributed by atoms with E-state index < -0.39 is 23.1 Å². The van der Waals surface area contributed by atoms with E-state index in [1.807, 2.05) is 0 Å². The van der Waals surface area contributed by atoms with Gasteiger partial charge in [0, 0.05) is 12.1 Å². The molecule has 0 radical (unpaired) electrons. The molecule has 1 amide bonds. The lowest BCUT2D eigenvalue weighted by atomic mass is 10.0. The Morgan fingerprint density at radius 2 is 1.83 bits per heavy atom. The molecule has 2 aromatic carbocycles. The molecular formula is C21H20F3NO4. The number of alkyl halides is 3. The summed E-state index contributed by atoms with van der Waals surface area (Å²) >= 11 is 0. The van der Waals surface area contributed by atoms with E-state index in [1.54, 1.807) is 25.1 Å². The monoisotopic (exact) mass is 407 g/mol. The number of methoxy groups -OCH3 is 1. The van der Waals surface area contributed by atoms with Gasteiger partial charge in [0.2, 0.25) is 0 Å². The summed E-state index contributed by atoms with van der Waals surface area (Å²) < 4.78 is 49.8. The standard InChI is InChI=1S/C21H20F3NO4/c1-3-25-20(27)13-29-18-11-9-14(12-19(18)28-2)8-10-17(26)15-6-4-5-7-16(15)21(22,23)24/h4-12H,3,13H2,1-2H3,(H,25,27)/b10-8+. The van der Waals surface area contributed by atoms with Crippen LogP contribution in [0.2, 0.25) is 0 Å². The number of hydrogen-bond acceptors (Lipinski definition) is 4. The third-order valence-electron chi connectivity index (χ3n) is 3.85. The van der Waals surface area contributed by atoms with Crippen LogP contribution in [0, 0.1) is 0 Å². The molecule has 2 aromatic rings. The Labute approximate surface area is 166 Å². The molecule has 0 unspecified atom stereocenters. The van der Waals surface area contributed by atoms with Crippen molar-refractivity contribution in [2.45, 2.75) is 13.1 Å². The highest BCUT2D eigenvalue weighted by Crippen LogP contribution is 2.32. The number of rotatable bonds is 8. The smallest absolute Gasteiger partial charge is 0.417 e. The molecule has 0 heterocycles. The van der Waals surface area contributed by atoms with Crippen LogP contribution < -0.4 is 14.8 Å². The van der Waals surface area contributed by atoms with Crippen LogP contribution in [0.4, 0.5) is 13.2 Å². The number of carbonyl (C=O) groups is 2. The Morgan fingerprint density at radius 3 is 2.48 bits per heavy atom. The largest absolute Gasteiger partial charge is 0.493 e. The van der Waals surface area contributed by atoms with E-state index >= 15 is 0 Å². The molecule has 0 aliphatic rings. The fourth-order valence-corrected chi connectivity index (χ4v) is 2.51. The number of ether oxygens (including phenoxy) is 2. The first-order chi connectivity index (χ1) is 13.8. The number of amides is 1. The minimum atomic E-state index is -4.62. The molecule has 0 atom stereocenters. The lowest BCUT2D eigenvalue weighted by molar-refractivity contribution is -0.137. The maximum atomic E-state index is 13.1. The van der Waals surface area contributed by atoms with Crippen LogP contribution in [-0.2, 0) is 11.0 Å². The van der Waals surface area contributed by atoms with Crippen molar-refractivity contribution >= 4 is 17.8 Å². The molecule has 1 N–H and O–H groups in total. The second-order valence-electron chi connectivity index (χ2n) is 5.89. The molecule has 0 aliphatic carbocycles. The number of carbonyl (C=O) groups excluding carboxylic acids is 2. The second-order valence-corrected chi connectivity index (χ2v) is 5.89. The third kappa shape index (κ3) is 6.10. The Hall–Kier alpha value is -3.29. The molecule has 0 bridgehead atoms. The summed E-state index contributed by atoms with van der Waals surface area (Å²) in [7, 11) is 1.41. The Morgan fingerprint density at radius 1 is 1.10 bits per heavy atom. The summed E-state index contributed by atoms with van der Waals surface area (Å²) in [5.41, 5.74) is -0.892. The van der Waals surface area contributed by atoms with E-state index in [9.17, 15) is 22.8 Å². The van der Waals surface area contributed by atoms with Crippen molar-refractivity contribution in [3.05, 3.63) is 65.2 Å². The molecule has 8 heteroatoms. The minimum Gasteiger partial charge on any atom is -0.493 e. The molecule has 5 nitrogen and oxygen atoms in total. The average Bonchev–Trinajstić information content (AvgIpc) is 2.70. The van der Waals surface area contributed by atoms with Gasteiger partial charge in [0.25, 0.3) is 5.91 Å². The quantitative estimate of drug-likeness (QED) is 0.528.